The number of hydrogen-bond donors (Lipinski definition) is 2. The van der Waals surface area contributed by atoms with E-state index in [1.165, 1.54) is 5.56 Å². The van der Waals surface area contributed by atoms with E-state index < -0.39 is 6.10 Å². The van der Waals surface area contributed by atoms with Gasteiger partial charge in [0.1, 0.15) is 5.75 Å². The van der Waals surface area contributed by atoms with Crippen LogP contribution in [0.1, 0.15) is 38.2 Å². The van der Waals surface area contributed by atoms with Gasteiger partial charge < -0.3 is 20.5 Å². The largest absolute Gasteiger partial charge is 0.494 e. The minimum Gasteiger partial charge on any atom is -0.494 e. The van der Waals surface area contributed by atoms with Gasteiger partial charge in [-0.05, 0) is 49.8 Å². The number of carbonyl (C=O) groups excluding carboxylic acids is 1. The van der Waals surface area contributed by atoms with Gasteiger partial charge in [-0.2, -0.15) is 0 Å². The standard InChI is InChI=1S/C19H30N2O3.ClH/c1-3-14-5-8-16(9-6-14)24-12-4-11-21(2)19(23)15-7-10-17(20)18(22)13-15;/h5-6,8-9,15,17-18,22H,3-4,7,10-13,20H2,1-2H3;1H/t15-,17+,18+;/m0./s1. The number of aliphatic hydroxyl groups is 1. The topological polar surface area (TPSA) is 75.8 Å². The van der Waals surface area contributed by atoms with Crippen LogP contribution in [-0.2, 0) is 11.2 Å². The van der Waals surface area contributed by atoms with Crippen molar-refractivity contribution in [3.8, 4) is 5.75 Å². The van der Waals surface area contributed by atoms with Gasteiger partial charge in [-0.15, -0.1) is 12.4 Å². The zero-order chi connectivity index (χ0) is 17.5. The lowest BCUT2D eigenvalue weighted by Gasteiger charge is -2.32. The summed E-state index contributed by atoms with van der Waals surface area (Å²) in [7, 11) is 1.82. The molecule has 0 aliphatic heterocycles. The number of rotatable bonds is 7. The van der Waals surface area contributed by atoms with Gasteiger partial charge in [-0.25, -0.2) is 0 Å². The third-order valence-corrected chi connectivity index (χ3v) is 4.83. The fourth-order valence-corrected chi connectivity index (χ4v) is 3.13. The number of halogens is 1. The molecule has 0 aromatic heterocycles. The van der Waals surface area contributed by atoms with Gasteiger partial charge in [0.25, 0.3) is 0 Å². The van der Waals surface area contributed by atoms with E-state index in [0.717, 1.165) is 25.0 Å². The lowest BCUT2D eigenvalue weighted by molar-refractivity contribution is -0.136. The third-order valence-electron chi connectivity index (χ3n) is 4.83. The van der Waals surface area contributed by atoms with Crippen LogP contribution in [0.15, 0.2) is 24.3 Å². The summed E-state index contributed by atoms with van der Waals surface area (Å²) < 4.78 is 5.72. The molecular formula is C19H31ClN2O3. The summed E-state index contributed by atoms with van der Waals surface area (Å²) in [6, 6.07) is 7.93. The Hall–Kier alpha value is -1.30. The second-order valence-corrected chi connectivity index (χ2v) is 6.70. The number of aliphatic hydroxyl groups excluding tert-OH is 1. The highest BCUT2D eigenvalue weighted by molar-refractivity contribution is 5.85. The molecule has 25 heavy (non-hydrogen) atoms. The Bertz CT molecular complexity index is 524. The summed E-state index contributed by atoms with van der Waals surface area (Å²) in [5, 5.41) is 9.84. The number of nitrogens with zero attached hydrogens (tertiary/aromatic N) is 1. The van der Waals surface area contributed by atoms with Crippen LogP contribution in [0.4, 0.5) is 0 Å². The van der Waals surface area contributed by atoms with Crippen LogP contribution in [0, 0.1) is 5.92 Å². The molecule has 1 aromatic rings. The molecule has 1 aliphatic rings. The molecule has 3 N–H and O–H groups in total. The molecule has 0 bridgehead atoms. The van der Waals surface area contributed by atoms with Gasteiger partial charge in [0.2, 0.25) is 5.91 Å². The van der Waals surface area contributed by atoms with Crippen molar-refractivity contribution in [3.63, 3.8) is 0 Å². The predicted molar refractivity (Wildman–Crippen MR) is 102 cm³/mol. The van der Waals surface area contributed by atoms with Crippen molar-refractivity contribution in [2.75, 3.05) is 20.2 Å². The van der Waals surface area contributed by atoms with E-state index in [9.17, 15) is 9.90 Å². The molecule has 1 fully saturated rings. The number of amides is 1. The highest BCUT2D eigenvalue weighted by Crippen LogP contribution is 2.25. The van der Waals surface area contributed by atoms with E-state index >= 15 is 0 Å². The molecule has 3 atom stereocenters. The summed E-state index contributed by atoms with van der Waals surface area (Å²) in [4.78, 5) is 14.2. The maximum atomic E-state index is 12.4. The number of aryl methyl sites for hydroxylation is 1. The van der Waals surface area contributed by atoms with E-state index in [1.807, 2.05) is 19.2 Å². The summed E-state index contributed by atoms with van der Waals surface area (Å²) >= 11 is 0. The first-order valence-electron chi connectivity index (χ1n) is 8.91. The van der Waals surface area contributed by atoms with E-state index in [0.29, 0.717) is 26.0 Å². The second-order valence-electron chi connectivity index (χ2n) is 6.70. The van der Waals surface area contributed by atoms with Crippen LogP contribution in [-0.4, -0.2) is 48.3 Å². The van der Waals surface area contributed by atoms with Crippen molar-refractivity contribution < 1.29 is 14.6 Å². The Balaban J connectivity index is 0.00000312. The third kappa shape index (κ3) is 6.49. The minimum absolute atomic E-state index is 0. The van der Waals surface area contributed by atoms with E-state index in [-0.39, 0.29) is 30.3 Å². The predicted octanol–water partition coefficient (Wildman–Crippen LogP) is 2.39. The Morgan fingerprint density at radius 1 is 1.32 bits per heavy atom. The molecule has 5 nitrogen and oxygen atoms in total. The van der Waals surface area contributed by atoms with Crippen LogP contribution in [0.3, 0.4) is 0 Å². The molecule has 1 aliphatic carbocycles. The minimum atomic E-state index is -0.560. The van der Waals surface area contributed by atoms with Crippen molar-refractivity contribution in [3.05, 3.63) is 29.8 Å². The second kappa shape index (κ2) is 10.6. The van der Waals surface area contributed by atoms with Crippen molar-refractivity contribution in [1.82, 2.24) is 4.90 Å². The van der Waals surface area contributed by atoms with Gasteiger partial charge in [0.05, 0.1) is 12.7 Å². The molecule has 2 rings (SSSR count). The maximum Gasteiger partial charge on any atom is 0.225 e. The van der Waals surface area contributed by atoms with Gasteiger partial charge in [-0.3, -0.25) is 4.79 Å². The van der Waals surface area contributed by atoms with Gasteiger partial charge in [0, 0.05) is 25.6 Å². The molecule has 0 unspecified atom stereocenters. The quantitative estimate of drug-likeness (QED) is 0.722. The Labute approximate surface area is 156 Å². The Morgan fingerprint density at radius 2 is 2.00 bits per heavy atom. The van der Waals surface area contributed by atoms with Gasteiger partial charge >= 0.3 is 0 Å². The average molecular weight is 371 g/mol. The summed E-state index contributed by atoms with van der Waals surface area (Å²) in [6.07, 6.45) is 3.20. The Morgan fingerprint density at radius 3 is 2.60 bits per heavy atom. The lowest BCUT2D eigenvalue weighted by Crippen LogP contribution is -2.45. The summed E-state index contributed by atoms with van der Waals surface area (Å²) in [5.74, 6) is 0.867. The lowest BCUT2D eigenvalue weighted by atomic mass is 9.83. The first-order valence-corrected chi connectivity index (χ1v) is 8.91. The zero-order valence-corrected chi connectivity index (χ0v) is 16.0. The van der Waals surface area contributed by atoms with Crippen molar-refractivity contribution >= 4 is 18.3 Å². The maximum absolute atomic E-state index is 12.4. The van der Waals surface area contributed by atoms with Crippen LogP contribution in [0.25, 0.3) is 0 Å². The molecule has 0 saturated heterocycles. The van der Waals surface area contributed by atoms with E-state index in [4.69, 9.17) is 10.5 Å². The SMILES string of the molecule is CCc1ccc(OCCCN(C)C(=O)[C@H]2CC[C@@H](N)[C@H](O)C2)cc1.Cl. The van der Waals surface area contributed by atoms with Crippen LogP contribution in [0.5, 0.6) is 5.75 Å². The first kappa shape index (κ1) is 21.7. The highest BCUT2D eigenvalue weighted by atomic mass is 35.5. The number of ether oxygens (including phenoxy) is 1. The van der Waals surface area contributed by atoms with Crippen LogP contribution >= 0.6 is 12.4 Å². The monoisotopic (exact) mass is 370 g/mol. The molecule has 0 heterocycles. The average Bonchev–Trinajstić information content (AvgIpc) is 2.60. The molecule has 0 spiro atoms. The van der Waals surface area contributed by atoms with E-state index in [2.05, 4.69) is 19.1 Å². The summed E-state index contributed by atoms with van der Waals surface area (Å²) in [5.41, 5.74) is 7.09. The number of benzene rings is 1. The smallest absolute Gasteiger partial charge is 0.225 e. The van der Waals surface area contributed by atoms with Crippen LogP contribution < -0.4 is 10.5 Å². The fraction of sp³-hybridized carbons (Fsp3) is 0.632. The first-order chi connectivity index (χ1) is 11.5. The van der Waals surface area contributed by atoms with E-state index in [1.54, 1.807) is 4.90 Å². The number of carbonyl (C=O) groups is 1. The van der Waals surface area contributed by atoms with Gasteiger partial charge in [0.15, 0.2) is 0 Å². The molecule has 1 saturated carbocycles. The number of hydrogen-bond acceptors (Lipinski definition) is 4. The molecule has 0 radical (unpaired) electrons. The molecular weight excluding hydrogens is 340 g/mol. The normalized spacial score (nSPS) is 22.8. The Kier molecular flexibility index (Phi) is 9.25. The van der Waals surface area contributed by atoms with Crippen molar-refractivity contribution in [2.45, 2.75) is 51.2 Å². The molecule has 6 heteroatoms. The fourth-order valence-electron chi connectivity index (χ4n) is 3.13. The van der Waals surface area contributed by atoms with Crippen molar-refractivity contribution in [1.29, 1.82) is 0 Å². The van der Waals surface area contributed by atoms with Gasteiger partial charge in [-0.1, -0.05) is 19.1 Å². The molecule has 1 amide bonds. The zero-order valence-electron chi connectivity index (χ0n) is 15.2. The molecule has 1 aromatic carbocycles. The van der Waals surface area contributed by atoms with Crippen LogP contribution in [0.2, 0.25) is 0 Å². The van der Waals surface area contributed by atoms with Crippen molar-refractivity contribution in [2.24, 2.45) is 11.7 Å². The summed E-state index contributed by atoms with van der Waals surface area (Å²) in [6.45, 7) is 3.37. The molecule has 142 valence electrons. The number of nitrogens with two attached hydrogens (primary N) is 1. The highest BCUT2D eigenvalue weighted by Gasteiger charge is 2.32.